The van der Waals surface area contributed by atoms with E-state index in [-0.39, 0.29) is 6.61 Å². The zero-order chi connectivity index (χ0) is 11.0. The monoisotopic (exact) mass is 220 g/mol. The van der Waals surface area contributed by atoms with Gasteiger partial charge in [0.1, 0.15) is 0 Å². The van der Waals surface area contributed by atoms with Crippen LogP contribution in [0.3, 0.4) is 0 Å². The van der Waals surface area contributed by atoms with E-state index in [4.69, 9.17) is 5.11 Å². The maximum atomic E-state index is 11.2. The number of carbonyl (C=O) groups is 2. The average Bonchev–Trinajstić information content (AvgIpc) is 2.12. The molecule has 0 amide bonds. The number of rotatable bonds is 7. The summed E-state index contributed by atoms with van der Waals surface area (Å²) in [4.78, 5) is 21.9. The minimum Gasteiger partial charge on any atom is -0.481 e. The molecule has 1 atom stereocenters. The molecule has 0 aromatic heterocycles. The van der Waals surface area contributed by atoms with E-state index in [1.165, 1.54) is 0 Å². The molecule has 82 valence electrons. The van der Waals surface area contributed by atoms with Gasteiger partial charge in [-0.15, -0.1) is 0 Å². The summed E-state index contributed by atoms with van der Waals surface area (Å²) >= 11 is 1.64. The molecule has 0 radical (unpaired) electrons. The number of carboxylic acid groups (broad SMARTS) is 1. The minimum atomic E-state index is -1.09. The van der Waals surface area contributed by atoms with Crippen molar-refractivity contribution in [3.8, 4) is 0 Å². The fraction of sp³-hybridized carbons (Fsp3) is 0.778. The van der Waals surface area contributed by atoms with Crippen molar-refractivity contribution in [1.29, 1.82) is 0 Å². The van der Waals surface area contributed by atoms with E-state index in [0.29, 0.717) is 6.42 Å². The molecular weight excluding hydrogens is 204 g/mol. The van der Waals surface area contributed by atoms with Gasteiger partial charge in [-0.3, -0.25) is 9.59 Å². The Balaban J connectivity index is 4.01. The first-order valence-electron chi connectivity index (χ1n) is 4.51. The number of carboxylic acids is 1. The van der Waals surface area contributed by atoms with Crippen LogP contribution in [-0.4, -0.2) is 35.7 Å². The molecule has 0 aliphatic rings. The summed E-state index contributed by atoms with van der Waals surface area (Å²) < 4.78 is 4.67. The molecule has 0 spiro atoms. The van der Waals surface area contributed by atoms with Gasteiger partial charge in [-0.05, 0) is 31.8 Å². The second-order valence-corrected chi connectivity index (χ2v) is 3.76. The highest BCUT2D eigenvalue weighted by Gasteiger charge is 2.26. The molecule has 1 N–H and O–H groups in total. The number of carbonyl (C=O) groups excluding carboxylic acids is 1. The Bertz CT molecular complexity index is 193. The zero-order valence-corrected chi connectivity index (χ0v) is 9.30. The van der Waals surface area contributed by atoms with Gasteiger partial charge in [-0.1, -0.05) is 0 Å². The summed E-state index contributed by atoms with van der Waals surface area (Å²) in [5, 5.41) is 8.76. The molecule has 5 heteroatoms. The highest BCUT2D eigenvalue weighted by atomic mass is 32.2. The van der Waals surface area contributed by atoms with E-state index in [1.54, 1.807) is 18.7 Å². The number of thioether (sulfide) groups is 1. The average molecular weight is 220 g/mol. The molecule has 0 aliphatic carbocycles. The second kappa shape index (κ2) is 7.67. The molecule has 0 fully saturated rings. The van der Waals surface area contributed by atoms with Gasteiger partial charge in [0.15, 0.2) is 5.92 Å². The van der Waals surface area contributed by atoms with Crippen LogP contribution in [0.4, 0.5) is 0 Å². The Morgan fingerprint density at radius 1 is 1.50 bits per heavy atom. The number of ether oxygens (including phenoxy) is 1. The first-order valence-corrected chi connectivity index (χ1v) is 5.91. The minimum absolute atomic E-state index is 0.227. The topological polar surface area (TPSA) is 63.6 Å². The predicted octanol–water partition coefficient (Wildman–Crippen LogP) is 1.39. The third-order valence-corrected chi connectivity index (χ3v) is 2.41. The van der Waals surface area contributed by atoms with E-state index < -0.39 is 17.9 Å². The highest BCUT2D eigenvalue weighted by molar-refractivity contribution is 7.98. The summed E-state index contributed by atoms with van der Waals surface area (Å²) in [6.45, 7) is 1.89. The molecule has 0 aliphatic heterocycles. The molecular formula is C9H16O4S. The number of hydrogen-bond donors (Lipinski definition) is 1. The number of esters is 1. The van der Waals surface area contributed by atoms with Crippen molar-refractivity contribution in [2.24, 2.45) is 5.92 Å². The van der Waals surface area contributed by atoms with E-state index in [0.717, 1.165) is 12.2 Å². The Labute approximate surface area is 88.0 Å². The van der Waals surface area contributed by atoms with Crippen LogP contribution in [0.25, 0.3) is 0 Å². The molecule has 0 heterocycles. The lowest BCUT2D eigenvalue weighted by molar-refractivity contribution is -0.158. The fourth-order valence-electron chi connectivity index (χ4n) is 1.02. The van der Waals surface area contributed by atoms with Gasteiger partial charge in [0.05, 0.1) is 6.61 Å². The quantitative estimate of drug-likeness (QED) is 0.399. The van der Waals surface area contributed by atoms with Crippen LogP contribution in [0.2, 0.25) is 0 Å². The van der Waals surface area contributed by atoms with Crippen molar-refractivity contribution in [2.75, 3.05) is 18.6 Å². The van der Waals surface area contributed by atoms with Gasteiger partial charge in [0.25, 0.3) is 0 Å². The van der Waals surface area contributed by atoms with Crippen molar-refractivity contribution in [3.05, 3.63) is 0 Å². The van der Waals surface area contributed by atoms with Crippen molar-refractivity contribution in [3.63, 3.8) is 0 Å². The van der Waals surface area contributed by atoms with E-state index in [1.807, 2.05) is 6.26 Å². The van der Waals surface area contributed by atoms with Crippen LogP contribution >= 0.6 is 11.8 Å². The maximum Gasteiger partial charge on any atom is 0.320 e. The van der Waals surface area contributed by atoms with Crippen LogP contribution in [-0.2, 0) is 14.3 Å². The van der Waals surface area contributed by atoms with E-state index in [9.17, 15) is 9.59 Å². The molecule has 0 saturated carbocycles. The Hall–Kier alpha value is -0.710. The molecule has 1 unspecified atom stereocenters. The van der Waals surface area contributed by atoms with Gasteiger partial charge in [0.2, 0.25) is 0 Å². The summed E-state index contributed by atoms with van der Waals surface area (Å²) in [6.07, 6.45) is 3.02. The van der Waals surface area contributed by atoms with Crippen molar-refractivity contribution in [1.82, 2.24) is 0 Å². The van der Waals surface area contributed by atoms with Crippen LogP contribution in [0.15, 0.2) is 0 Å². The predicted molar refractivity (Wildman–Crippen MR) is 55.4 cm³/mol. The lowest BCUT2D eigenvalue weighted by atomic mass is 10.0. The lowest BCUT2D eigenvalue weighted by Crippen LogP contribution is -2.26. The Morgan fingerprint density at radius 2 is 2.14 bits per heavy atom. The van der Waals surface area contributed by atoms with Crippen molar-refractivity contribution in [2.45, 2.75) is 19.8 Å². The zero-order valence-electron chi connectivity index (χ0n) is 8.49. The van der Waals surface area contributed by atoms with Crippen molar-refractivity contribution >= 4 is 23.7 Å². The fourth-order valence-corrected chi connectivity index (χ4v) is 1.47. The first kappa shape index (κ1) is 13.3. The van der Waals surface area contributed by atoms with Gasteiger partial charge < -0.3 is 9.84 Å². The van der Waals surface area contributed by atoms with Crippen LogP contribution in [0.5, 0.6) is 0 Å². The molecule has 0 rings (SSSR count). The van der Waals surface area contributed by atoms with Crippen LogP contribution in [0.1, 0.15) is 19.8 Å². The Kier molecular flexibility index (Phi) is 7.28. The van der Waals surface area contributed by atoms with E-state index in [2.05, 4.69) is 4.74 Å². The third-order valence-electron chi connectivity index (χ3n) is 1.71. The normalized spacial score (nSPS) is 12.1. The van der Waals surface area contributed by atoms with Gasteiger partial charge in [-0.25, -0.2) is 0 Å². The lowest BCUT2D eigenvalue weighted by Gasteiger charge is -2.10. The third kappa shape index (κ3) is 5.11. The smallest absolute Gasteiger partial charge is 0.320 e. The Morgan fingerprint density at radius 3 is 2.57 bits per heavy atom. The van der Waals surface area contributed by atoms with Gasteiger partial charge in [0, 0.05) is 0 Å². The van der Waals surface area contributed by atoms with Crippen LogP contribution < -0.4 is 0 Å². The molecule has 14 heavy (non-hydrogen) atoms. The largest absolute Gasteiger partial charge is 0.481 e. The highest BCUT2D eigenvalue weighted by Crippen LogP contribution is 2.11. The van der Waals surface area contributed by atoms with Crippen molar-refractivity contribution < 1.29 is 19.4 Å². The maximum absolute atomic E-state index is 11.2. The summed E-state index contributed by atoms with van der Waals surface area (Å²) in [5.41, 5.74) is 0. The summed E-state index contributed by atoms with van der Waals surface area (Å²) in [6, 6.07) is 0. The summed E-state index contributed by atoms with van der Waals surface area (Å²) in [5.74, 6) is -1.85. The number of hydrogen-bond acceptors (Lipinski definition) is 4. The molecule has 0 aromatic carbocycles. The van der Waals surface area contributed by atoms with Gasteiger partial charge in [-0.2, -0.15) is 11.8 Å². The van der Waals surface area contributed by atoms with Crippen LogP contribution in [0, 0.1) is 5.92 Å². The molecule has 0 bridgehead atoms. The standard InChI is InChI=1S/C9H16O4S/c1-3-13-9(12)7(8(10)11)5-4-6-14-2/h7H,3-6H2,1-2H3,(H,10,11). The summed E-state index contributed by atoms with van der Waals surface area (Å²) in [7, 11) is 0. The second-order valence-electron chi connectivity index (χ2n) is 2.78. The van der Waals surface area contributed by atoms with E-state index >= 15 is 0 Å². The molecule has 0 saturated heterocycles. The number of aliphatic carboxylic acids is 1. The SMILES string of the molecule is CCOC(=O)C(CCCSC)C(=O)O. The molecule has 0 aromatic rings. The van der Waals surface area contributed by atoms with Gasteiger partial charge >= 0.3 is 11.9 Å². The molecule has 4 nitrogen and oxygen atoms in total. The first-order chi connectivity index (χ1) is 6.63.